The van der Waals surface area contributed by atoms with Crippen LogP contribution in [0.3, 0.4) is 0 Å². The number of carbonyl (C=O) groups is 1. The molecule has 3 aromatic rings. The summed E-state index contributed by atoms with van der Waals surface area (Å²) in [4.78, 5) is 13.6. The van der Waals surface area contributed by atoms with E-state index in [-0.39, 0.29) is 23.2 Å². The number of aliphatic hydroxyl groups excluding tert-OH is 1. The van der Waals surface area contributed by atoms with Crippen molar-refractivity contribution in [3.05, 3.63) is 64.3 Å². The van der Waals surface area contributed by atoms with Crippen molar-refractivity contribution >= 4 is 28.3 Å². The second-order valence-corrected chi connectivity index (χ2v) is 11.0. The number of benzene rings is 2. The highest BCUT2D eigenvalue weighted by Gasteiger charge is 2.30. The van der Waals surface area contributed by atoms with E-state index in [1.165, 1.54) is 0 Å². The van der Waals surface area contributed by atoms with Crippen molar-refractivity contribution in [3.63, 3.8) is 0 Å². The summed E-state index contributed by atoms with van der Waals surface area (Å²) in [7, 11) is 1.64. The lowest BCUT2D eigenvalue weighted by molar-refractivity contribution is 0.0938. The van der Waals surface area contributed by atoms with Crippen LogP contribution in [0.4, 0.5) is 0 Å². The summed E-state index contributed by atoms with van der Waals surface area (Å²) in [5, 5.41) is 11.6. The van der Waals surface area contributed by atoms with Crippen LogP contribution in [0.5, 0.6) is 5.75 Å². The summed E-state index contributed by atoms with van der Waals surface area (Å²) in [6.07, 6.45) is 1.02. The summed E-state index contributed by atoms with van der Waals surface area (Å²) < 4.78 is 7.70. The summed E-state index contributed by atoms with van der Waals surface area (Å²) in [6.45, 7) is 10.9. The number of halogens is 1. The topological polar surface area (TPSA) is 51.5 Å². The molecule has 0 aliphatic carbocycles. The molecule has 0 aliphatic heterocycles. The van der Waals surface area contributed by atoms with Crippen LogP contribution in [0.15, 0.2) is 42.5 Å². The van der Waals surface area contributed by atoms with Gasteiger partial charge in [-0.1, -0.05) is 58.4 Å². The van der Waals surface area contributed by atoms with Gasteiger partial charge in [-0.25, -0.2) is 0 Å². The number of hydrogen-bond acceptors (Lipinski definition) is 3. The van der Waals surface area contributed by atoms with Gasteiger partial charge in [0.25, 0.3) is 0 Å². The molecule has 0 radical (unpaired) electrons. The van der Waals surface area contributed by atoms with Crippen molar-refractivity contribution in [2.75, 3.05) is 13.7 Å². The maximum atomic E-state index is 13.6. The Kier molecular flexibility index (Phi) is 7.06. The standard InChI is InChI=1S/C27H34ClNO3/c1-26(2,3)15-24(31)25-21-13-20(32-6)11-12-22(21)29(23(25)14-27(4,5)17-30)16-18-7-9-19(28)10-8-18/h7-13,30H,14-17H2,1-6H3. The molecule has 3 rings (SSSR count). The minimum absolute atomic E-state index is 0.0334. The Morgan fingerprint density at radius 2 is 1.72 bits per heavy atom. The fraction of sp³-hybridized carbons (Fsp3) is 0.444. The maximum Gasteiger partial charge on any atom is 0.165 e. The van der Waals surface area contributed by atoms with Crippen LogP contribution in [0.2, 0.25) is 5.02 Å². The predicted molar refractivity (Wildman–Crippen MR) is 132 cm³/mol. The molecule has 5 heteroatoms. The van der Waals surface area contributed by atoms with Gasteiger partial charge in [0.15, 0.2) is 5.78 Å². The lowest BCUT2D eigenvalue weighted by atomic mass is 9.83. The van der Waals surface area contributed by atoms with Gasteiger partial charge in [0.2, 0.25) is 0 Å². The highest BCUT2D eigenvalue weighted by molar-refractivity contribution is 6.30. The number of methoxy groups -OCH3 is 1. The predicted octanol–water partition coefficient (Wildman–Crippen LogP) is 6.53. The number of Topliss-reactive ketones (excluding diaryl/α,β-unsaturated/α-hetero) is 1. The average molecular weight is 456 g/mol. The molecule has 0 spiro atoms. The minimum atomic E-state index is -0.368. The Morgan fingerprint density at radius 3 is 2.28 bits per heavy atom. The van der Waals surface area contributed by atoms with E-state index in [0.717, 1.165) is 33.5 Å². The summed E-state index contributed by atoms with van der Waals surface area (Å²) >= 11 is 6.09. The fourth-order valence-electron chi connectivity index (χ4n) is 4.04. The summed E-state index contributed by atoms with van der Waals surface area (Å²) in [5.74, 6) is 0.841. The van der Waals surface area contributed by atoms with Gasteiger partial charge in [-0.05, 0) is 53.1 Å². The molecule has 0 amide bonds. The van der Waals surface area contributed by atoms with E-state index in [0.29, 0.717) is 24.4 Å². The van der Waals surface area contributed by atoms with E-state index >= 15 is 0 Å². The van der Waals surface area contributed by atoms with Crippen LogP contribution >= 0.6 is 11.6 Å². The van der Waals surface area contributed by atoms with E-state index in [1.54, 1.807) is 7.11 Å². The molecule has 172 valence electrons. The van der Waals surface area contributed by atoms with Gasteiger partial charge in [-0.2, -0.15) is 0 Å². The number of fused-ring (bicyclic) bond motifs is 1. The first-order chi connectivity index (χ1) is 14.9. The number of rotatable bonds is 8. The molecule has 0 unspecified atom stereocenters. The van der Waals surface area contributed by atoms with E-state index in [2.05, 4.69) is 25.3 Å². The van der Waals surface area contributed by atoms with Crippen molar-refractivity contribution in [2.45, 2.75) is 54.0 Å². The Bertz CT molecular complexity index is 1100. The molecule has 1 heterocycles. The van der Waals surface area contributed by atoms with Crippen molar-refractivity contribution in [3.8, 4) is 5.75 Å². The Hall–Kier alpha value is -2.30. The smallest absolute Gasteiger partial charge is 0.165 e. The van der Waals surface area contributed by atoms with Gasteiger partial charge in [0.05, 0.1) is 7.11 Å². The van der Waals surface area contributed by atoms with E-state index in [9.17, 15) is 9.90 Å². The first-order valence-electron chi connectivity index (χ1n) is 11.0. The lowest BCUT2D eigenvalue weighted by Gasteiger charge is -2.24. The molecule has 0 saturated heterocycles. The fourth-order valence-corrected chi connectivity index (χ4v) is 4.17. The molecule has 2 aromatic carbocycles. The first kappa shape index (κ1) is 24.3. The normalized spacial score (nSPS) is 12.4. The zero-order valence-electron chi connectivity index (χ0n) is 20.0. The van der Waals surface area contributed by atoms with Crippen molar-refractivity contribution < 1.29 is 14.6 Å². The SMILES string of the molecule is COc1ccc2c(c1)c(C(=O)CC(C)(C)C)c(CC(C)(C)CO)n2Cc1ccc(Cl)cc1. The van der Waals surface area contributed by atoms with E-state index in [1.807, 2.05) is 56.3 Å². The van der Waals surface area contributed by atoms with Crippen molar-refractivity contribution in [2.24, 2.45) is 10.8 Å². The third kappa shape index (κ3) is 5.54. The van der Waals surface area contributed by atoms with Crippen LogP contribution in [0.1, 0.15) is 62.7 Å². The molecule has 0 aliphatic rings. The Labute approximate surface area is 196 Å². The molecule has 4 nitrogen and oxygen atoms in total. The third-order valence-corrected chi connectivity index (χ3v) is 5.93. The van der Waals surface area contributed by atoms with E-state index < -0.39 is 0 Å². The van der Waals surface area contributed by atoms with Crippen molar-refractivity contribution in [1.82, 2.24) is 4.57 Å². The quantitative estimate of drug-likeness (QED) is 0.393. The zero-order valence-corrected chi connectivity index (χ0v) is 20.7. The second-order valence-electron chi connectivity index (χ2n) is 10.6. The van der Waals surface area contributed by atoms with Gasteiger partial charge in [-0.3, -0.25) is 4.79 Å². The van der Waals surface area contributed by atoms with Crippen LogP contribution in [-0.4, -0.2) is 29.2 Å². The number of ketones is 1. The number of aromatic nitrogens is 1. The van der Waals surface area contributed by atoms with Crippen LogP contribution in [-0.2, 0) is 13.0 Å². The van der Waals surface area contributed by atoms with Gasteiger partial charge in [-0.15, -0.1) is 0 Å². The maximum absolute atomic E-state index is 13.6. The molecule has 0 fully saturated rings. The Balaban J connectivity index is 2.28. The zero-order chi connectivity index (χ0) is 23.7. The average Bonchev–Trinajstić information content (AvgIpc) is 3.00. The Morgan fingerprint density at radius 1 is 1.06 bits per heavy atom. The number of hydrogen-bond donors (Lipinski definition) is 1. The van der Waals surface area contributed by atoms with E-state index in [4.69, 9.17) is 16.3 Å². The van der Waals surface area contributed by atoms with Gasteiger partial charge >= 0.3 is 0 Å². The van der Waals surface area contributed by atoms with Gasteiger partial charge in [0.1, 0.15) is 5.75 Å². The van der Waals surface area contributed by atoms with Crippen LogP contribution in [0, 0.1) is 10.8 Å². The highest BCUT2D eigenvalue weighted by Crippen LogP contribution is 2.36. The number of ether oxygens (including phenoxy) is 1. The molecule has 1 N–H and O–H groups in total. The molecule has 32 heavy (non-hydrogen) atoms. The number of aliphatic hydroxyl groups is 1. The highest BCUT2D eigenvalue weighted by atomic mass is 35.5. The number of carbonyl (C=O) groups excluding carboxylic acids is 1. The monoisotopic (exact) mass is 455 g/mol. The first-order valence-corrected chi connectivity index (χ1v) is 11.4. The minimum Gasteiger partial charge on any atom is -0.497 e. The molecular formula is C27H34ClNO3. The number of nitrogens with zero attached hydrogens (tertiary/aromatic N) is 1. The molecular weight excluding hydrogens is 422 g/mol. The van der Waals surface area contributed by atoms with Gasteiger partial charge < -0.3 is 14.4 Å². The second kappa shape index (κ2) is 9.29. The molecule has 0 atom stereocenters. The molecule has 0 bridgehead atoms. The third-order valence-electron chi connectivity index (χ3n) is 5.68. The largest absolute Gasteiger partial charge is 0.497 e. The lowest BCUT2D eigenvalue weighted by Crippen LogP contribution is -2.24. The van der Waals surface area contributed by atoms with Crippen LogP contribution in [0.25, 0.3) is 10.9 Å². The van der Waals surface area contributed by atoms with Crippen LogP contribution < -0.4 is 4.74 Å². The molecule has 1 aromatic heterocycles. The van der Waals surface area contributed by atoms with Gasteiger partial charge in [0, 0.05) is 46.8 Å². The summed E-state index contributed by atoms with van der Waals surface area (Å²) in [6, 6.07) is 13.7. The van der Waals surface area contributed by atoms with Crippen molar-refractivity contribution in [1.29, 1.82) is 0 Å². The summed E-state index contributed by atoms with van der Waals surface area (Å²) in [5.41, 5.74) is 3.28. The molecule has 0 saturated carbocycles.